The van der Waals surface area contributed by atoms with Crippen LogP contribution in [-0.4, -0.2) is 38.6 Å². The Morgan fingerprint density at radius 3 is 2.58 bits per heavy atom. The number of Topliss-reactive ketones (excluding diaryl/α,β-unsaturated/α-hetero) is 1. The topological polar surface area (TPSA) is 106 Å². The molecule has 1 amide bonds. The van der Waals surface area contributed by atoms with Gasteiger partial charge in [0.25, 0.3) is 5.91 Å². The normalized spacial score (nSPS) is 15.2. The summed E-state index contributed by atoms with van der Waals surface area (Å²) in [6.45, 7) is 6.00. The number of carbonyl (C=O) groups is 2. The molecule has 1 aliphatic heterocycles. The standard InChI is InChI=1S/C28H25ClN4O4S3/c1-4-13-37-20-8-6-5-7-19(20)22-21(23(34)25-15(2)30-16(3)39-25)24(35)26(36)33(22)27-31-32-28(40-27)38-14-17-9-11-18(29)12-10-17/h5-12,22,35H,4,13-14H2,1-3H3. The minimum absolute atomic E-state index is 0.0325. The number of hydrogen-bond donors (Lipinski definition) is 1. The van der Waals surface area contributed by atoms with E-state index in [9.17, 15) is 14.7 Å². The van der Waals surface area contributed by atoms with Gasteiger partial charge in [0, 0.05) is 16.3 Å². The Balaban J connectivity index is 1.54. The molecule has 0 saturated carbocycles. The van der Waals surface area contributed by atoms with Crippen LogP contribution in [0.4, 0.5) is 5.13 Å². The van der Waals surface area contributed by atoms with Crippen LogP contribution in [-0.2, 0) is 10.5 Å². The molecule has 1 atom stereocenters. The van der Waals surface area contributed by atoms with Crippen molar-refractivity contribution in [3.63, 3.8) is 0 Å². The lowest BCUT2D eigenvalue weighted by molar-refractivity contribution is -0.117. The summed E-state index contributed by atoms with van der Waals surface area (Å²) in [6, 6.07) is 13.8. The van der Waals surface area contributed by atoms with E-state index in [2.05, 4.69) is 15.2 Å². The monoisotopic (exact) mass is 612 g/mol. The van der Waals surface area contributed by atoms with Gasteiger partial charge in [-0.3, -0.25) is 14.5 Å². The summed E-state index contributed by atoms with van der Waals surface area (Å²) in [4.78, 5) is 33.6. The second kappa shape index (κ2) is 12.1. The quantitative estimate of drug-likeness (QED) is 0.115. The summed E-state index contributed by atoms with van der Waals surface area (Å²) in [5, 5.41) is 21.4. The van der Waals surface area contributed by atoms with Gasteiger partial charge in [0.15, 0.2) is 10.1 Å². The third kappa shape index (κ3) is 5.64. The lowest BCUT2D eigenvalue weighted by atomic mass is 9.94. The van der Waals surface area contributed by atoms with E-state index in [1.807, 2.05) is 50.2 Å². The Kier molecular flexibility index (Phi) is 8.55. The van der Waals surface area contributed by atoms with Crippen LogP contribution in [0.3, 0.4) is 0 Å². The highest BCUT2D eigenvalue weighted by molar-refractivity contribution is 8.00. The molecule has 0 spiro atoms. The van der Waals surface area contributed by atoms with Gasteiger partial charge in [-0.05, 0) is 44.0 Å². The Morgan fingerprint density at radius 1 is 1.12 bits per heavy atom. The van der Waals surface area contributed by atoms with Crippen LogP contribution in [0.25, 0.3) is 0 Å². The number of anilines is 1. The van der Waals surface area contributed by atoms with E-state index >= 15 is 0 Å². The number of hydrogen-bond acceptors (Lipinski definition) is 10. The van der Waals surface area contributed by atoms with E-state index in [4.69, 9.17) is 16.3 Å². The summed E-state index contributed by atoms with van der Waals surface area (Å²) in [6.07, 6.45) is 0.776. The average Bonchev–Trinajstić information content (AvgIpc) is 3.62. The number of ether oxygens (including phenoxy) is 1. The van der Waals surface area contributed by atoms with Crippen LogP contribution in [0.2, 0.25) is 5.02 Å². The molecule has 0 bridgehead atoms. The van der Waals surface area contributed by atoms with Gasteiger partial charge in [0.2, 0.25) is 10.9 Å². The van der Waals surface area contributed by atoms with Gasteiger partial charge in [-0.2, -0.15) is 0 Å². The highest BCUT2D eigenvalue weighted by atomic mass is 35.5. The number of aliphatic hydroxyl groups is 1. The van der Waals surface area contributed by atoms with Crippen molar-refractivity contribution in [1.29, 1.82) is 0 Å². The molecule has 8 nitrogen and oxygen atoms in total. The molecular weight excluding hydrogens is 588 g/mol. The van der Waals surface area contributed by atoms with Gasteiger partial charge in [-0.25, -0.2) is 4.98 Å². The molecule has 40 heavy (non-hydrogen) atoms. The van der Waals surface area contributed by atoms with Crippen LogP contribution in [0.1, 0.15) is 50.9 Å². The maximum absolute atomic E-state index is 13.9. The van der Waals surface area contributed by atoms with Crippen LogP contribution in [0.5, 0.6) is 5.75 Å². The minimum Gasteiger partial charge on any atom is -0.503 e. The zero-order valence-electron chi connectivity index (χ0n) is 21.9. The number of aryl methyl sites for hydroxylation is 2. The number of thiazole rings is 1. The van der Waals surface area contributed by atoms with Gasteiger partial charge in [-0.1, -0.05) is 72.0 Å². The second-order valence-electron chi connectivity index (χ2n) is 8.97. The van der Waals surface area contributed by atoms with Crippen molar-refractivity contribution in [3.05, 3.63) is 91.6 Å². The first-order chi connectivity index (χ1) is 19.3. The molecule has 5 rings (SSSR count). The molecule has 1 aliphatic rings. The molecule has 3 heterocycles. The van der Waals surface area contributed by atoms with Crippen molar-refractivity contribution in [3.8, 4) is 5.75 Å². The maximum atomic E-state index is 13.9. The first-order valence-corrected chi connectivity index (χ1v) is 15.5. The molecule has 0 aliphatic carbocycles. The van der Waals surface area contributed by atoms with Crippen molar-refractivity contribution >= 4 is 62.9 Å². The molecule has 12 heteroatoms. The molecule has 206 valence electrons. The molecule has 0 saturated heterocycles. The van der Waals surface area contributed by atoms with E-state index in [0.29, 0.717) is 43.6 Å². The summed E-state index contributed by atoms with van der Waals surface area (Å²) >= 11 is 9.91. The molecule has 0 radical (unpaired) electrons. The number of aromatic nitrogens is 3. The third-order valence-electron chi connectivity index (χ3n) is 6.12. The number of halogens is 1. The number of nitrogens with zero attached hydrogens (tertiary/aromatic N) is 4. The van der Waals surface area contributed by atoms with Crippen LogP contribution in [0, 0.1) is 13.8 Å². The predicted octanol–water partition coefficient (Wildman–Crippen LogP) is 7.13. The number of amides is 1. The van der Waals surface area contributed by atoms with Gasteiger partial charge >= 0.3 is 0 Å². The van der Waals surface area contributed by atoms with Crippen molar-refractivity contribution in [2.24, 2.45) is 0 Å². The summed E-state index contributed by atoms with van der Waals surface area (Å²) in [5.41, 5.74) is 2.14. The largest absolute Gasteiger partial charge is 0.503 e. The summed E-state index contributed by atoms with van der Waals surface area (Å²) in [5.74, 6) is -0.632. The van der Waals surface area contributed by atoms with Crippen molar-refractivity contribution < 1.29 is 19.4 Å². The Labute approximate surface area is 248 Å². The van der Waals surface area contributed by atoms with Crippen LogP contribution in [0.15, 0.2) is 64.2 Å². The Hall–Kier alpha value is -3.25. The van der Waals surface area contributed by atoms with Crippen LogP contribution >= 0.6 is 46.0 Å². The predicted molar refractivity (Wildman–Crippen MR) is 159 cm³/mol. The van der Waals surface area contributed by atoms with Crippen LogP contribution < -0.4 is 9.64 Å². The summed E-state index contributed by atoms with van der Waals surface area (Å²) in [7, 11) is 0. The van der Waals surface area contributed by atoms with Crippen molar-refractivity contribution in [2.45, 2.75) is 43.3 Å². The zero-order valence-corrected chi connectivity index (χ0v) is 25.1. The highest BCUT2D eigenvalue weighted by Crippen LogP contribution is 2.46. The van der Waals surface area contributed by atoms with Crippen molar-refractivity contribution in [1.82, 2.24) is 15.2 Å². The molecule has 2 aromatic carbocycles. The molecule has 0 fully saturated rings. The number of thioether (sulfide) groups is 1. The fourth-order valence-corrected chi connectivity index (χ4v) is 7.15. The van der Waals surface area contributed by atoms with E-state index in [-0.39, 0.29) is 10.7 Å². The van der Waals surface area contributed by atoms with E-state index in [1.165, 1.54) is 39.3 Å². The Morgan fingerprint density at radius 2 is 1.88 bits per heavy atom. The maximum Gasteiger partial charge on any atom is 0.296 e. The molecule has 2 aromatic heterocycles. The lowest BCUT2D eigenvalue weighted by Gasteiger charge is -2.25. The number of rotatable bonds is 10. The van der Waals surface area contributed by atoms with Gasteiger partial charge in [0.1, 0.15) is 11.8 Å². The van der Waals surface area contributed by atoms with E-state index in [0.717, 1.165) is 17.0 Å². The zero-order chi connectivity index (χ0) is 28.4. The number of para-hydroxylation sites is 1. The second-order valence-corrected chi connectivity index (χ2v) is 12.8. The molecule has 1 N–H and O–H groups in total. The lowest BCUT2D eigenvalue weighted by Crippen LogP contribution is -2.31. The molecular formula is C28H25ClN4O4S3. The smallest absolute Gasteiger partial charge is 0.296 e. The van der Waals surface area contributed by atoms with E-state index < -0.39 is 23.5 Å². The first-order valence-electron chi connectivity index (χ1n) is 12.5. The average molecular weight is 613 g/mol. The number of aliphatic hydroxyl groups excluding tert-OH is 1. The number of carbonyl (C=O) groups excluding carboxylic acids is 2. The SMILES string of the molecule is CCCOc1ccccc1C1C(C(=O)c2sc(C)nc2C)=C(O)C(=O)N1c1nnc(SCc2ccc(Cl)cc2)s1. The highest BCUT2D eigenvalue weighted by Gasteiger charge is 2.47. The first kappa shape index (κ1) is 28.3. The van der Waals surface area contributed by atoms with Gasteiger partial charge in [0.05, 0.1) is 27.8 Å². The minimum atomic E-state index is -0.961. The fourth-order valence-electron chi connectivity index (χ4n) is 4.33. The fraction of sp³-hybridized carbons (Fsp3) is 0.250. The van der Waals surface area contributed by atoms with Crippen molar-refractivity contribution in [2.75, 3.05) is 11.5 Å². The van der Waals surface area contributed by atoms with E-state index in [1.54, 1.807) is 19.1 Å². The number of benzene rings is 2. The van der Waals surface area contributed by atoms with Gasteiger partial charge in [-0.15, -0.1) is 21.5 Å². The van der Waals surface area contributed by atoms with Gasteiger partial charge < -0.3 is 9.84 Å². The summed E-state index contributed by atoms with van der Waals surface area (Å²) < 4.78 is 6.65. The Bertz CT molecular complexity index is 1600. The molecule has 4 aromatic rings. The number of ketones is 1. The molecule has 1 unspecified atom stereocenters. The third-order valence-corrected chi connectivity index (χ3v) is 9.57.